The van der Waals surface area contributed by atoms with Crippen LogP contribution in [0.3, 0.4) is 0 Å². The number of fused-ring (bicyclic) bond motifs is 1. The van der Waals surface area contributed by atoms with Crippen LogP contribution >= 0.6 is 0 Å². The Hall–Kier alpha value is -0.820. The molecule has 0 heterocycles. The molecule has 1 nitrogen and oxygen atoms in total. The van der Waals surface area contributed by atoms with Crippen molar-refractivity contribution in [2.24, 2.45) is 17.8 Å². The smallest absolute Gasteiger partial charge is 0.0637 e. The summed E-state index contributed by atoms with van der Waals surface area (Å²) in [5.74, 6) is 2.43. The molecule has 0 spiro atoms. The Morgan fingerprint density at radius 3 is 2.50 bits per heavy atom. The fraction of sp³-hybridized carbons (Fsp3) is 0.684. The van der Waals surface area contributed by atoms with Gasteiger partial charge in [-0.05, 0) is 67.4 Å². The summed E-state index contributed by atoms with van der Waals surface area (Å²) in [6, 6.07) is 8.77. The second-order valence-corrected chi connectivity index (χ2v) is 7.37. The molecule has 4 atom stereocenters. The lowest BCUT2D eigenvalue weighted by molar-refractivity contribution is 0.0315. The fourth-order valence-electron chi connectivity index (χ4n) is 4.76. The van der Waals surface area contributed by atoms with Gasteiger partial charge in [0.25, 0.3) is 0 Å². The summed E-state index contributed by atoms with van der Waals surface area (Å²) in [7, 11) is 0. The van der Waals surface area contributed by atoms with E-state index in [4.69, 9.17) is 0 Å². The van der Waals surface area contributed by atoms with Gasteiger partial charge in [-0.15, -0.1) is 0 Å². The average molecular weight is 272 g/mol. The molecular formula is C19H28O. The minimum absolute atomic E-state index is 0.137. The van der Waals surface area contributed by atoms with Gasteiger partial charge in [-0.3, -0.25) is 0 Å². The van der Waals surface area contributed by atoms with Crippen LogP contribution in [0.5, 0.6) is 0 Å². The molecule has 110 valence electrons. The van der Waals surface area contributed by atoms with Crippen LogP contribution in [-0.2, 0) is 6.42 Å². The number of rotatable bonds is 2. The molecule has 20 heavy (non-hydrogen) atoms. The summed E-state index contributed by atoms with van der Waals surface area (Å²) in [4.78, 5) is 0. The van der Waals surface area contributed by atoms with Crippen molar-refractivity contribution in [3.05, 3.63) is 35.4 Å². The van der Waals surface area contributed by atoms with E-state index in [1.165, 1.54) is 43.2 Å². The first-order valence-electron chi connectivity index (χ1n) is 8.41. The minimum atomic E-state index is -0.137. The number of aliphatic hydroxyl groups is 1. The Labute approximate surface area is 123 Å². The summed E-state index contributed by atoms with van der Waals surface area (Å²) in [6.45, 7) is 4.70. The van der Waals surface area contributed by atoms with Crippen molar-refractivity contribution < 1.29 is 5.11 Å². The predicted octanol–water partition coefficient (Wildman–Crippen LogP) is 4.54. The number of benzene rings is 1. The molecule has 1 saturated carbocycles. The van der Waals surface area contributed by atoms with E-state index in [2.05, 4.69) is 38.1 Å². The van der Waals surface area contributed by atoms with Crippen molar-refractivity contribution in [1.82, 2.24) is 0 Å². The van der Waals surface area contributed by atoms with Gasteiger partial charge in [0.2, 0.25) is 0 Å². The van der Waals surface area contributed by atoms with E-state index in [1.54, 1.807) is 0 Å². The van der Waals surface area contributed by atoms with E-state index in [-0.39, 0.29) is 6.10 Å². The van der Waals surface area contributed by atoms with Gasteiger partial charge >= 0.3 is 0 Å². The lowest BCUT2D eigenvalue weighted by Crippen LogP contribution is -2.35. The molecule has 0 amide bonds. The van der Waals surface area contributed by atoms with Gasteiger partial charge in [0.15, 0.2) is 0 Å². The molecule has 1 heteroatoms. The molecule has 1 aromatic rings. The molecule has 3 rings (SSSR count). The highest BCUT2D eigenvalue weighted by atomic mass is 16.3. The number of aryl methyl sites for hydroxylation is 1. The molecule has 0 radical (unpaired) electrons. The second-order valence-electron chi connectivity index (χ2n) is 7.37. The van der Waals surface area contributed by atoms with E-state index in [0.717, 1.165) is 18.3 Å². The van der Waals surface area contributed by atoms with Crippen LogP contribution in [0, 0.1) is 17.8 Å². The first-order chi connectivity index (χ1) is 9.65. The summed E-state index contributed by atoms with van der Waals surface area (Å²) in [6.07, 6.45) is 7.21. The zero-order valence-electron chi connectivity index (χ0n) is 12.9. The molecular weight excluding hydrogens is 244 g/mol. The van der Waals surface area contributed by atoms with Crippen LogP contribution in [0.4, 0.5) is 0 Å². The Morgan fingerprint density at radius 2 is 1.75 bits per heavy atom. The maximum absolute atomic E-state index is 11.0. The standard InChI is InChI=1S/C19H28O/c1-13-10-14(2)12-16(11-13)19(20)18-9-5-7-15-6-3-4-8-17(15)18/h3-4,6,8,13-14,16,18-20H,5,7,9-12H2,1-2H3. The van der Waals surface area contributed by atoms with Crippen molar-refractivity contribution in [3.63, 3.8) is 0 Å². The number of hydrogen-bond donors (Lipinski definition) is 1. The van der Waals surface area contributed by atoms with Crippen LogP contribution in [0.15, 0.2) is 24.3 Å². The molecule has 0 bridgehead atoms. The van der Waals surface area contributed by atoms with Crippen LogP contribution in [-0.4, -0.2) is 11.2 Å². The van der Waals surface area contributed by atoms with Crippen molar-refractivity contribution in [2.75, 3.05) is 0 Å². The maximum atomic E-state index is 11.0. The van der Waals surface area contributed by atoms with Gasteiger partial charge in [-0.1, -0.05) is 38.1 Å². The summed E-state index contributed by atoms with van der Waals surface area (Å²) in [5, 5.41) is 11.0. The highest BCUT2D eigenvalue weighted by Gasteiger charge is 2.35. The monoisotopic (exact) mass is 272 g/mol. The molecule has 0 saturated heterocycles. The summed E-state index contributed by atoms with van der Waals surface area (Å²) in [5.41, 5.74) is 2.90. The summed E-state index contributed by atoms with van der Waals surface area (Å²) >= 11 is 0. The fourth-order valence-corrected chi connectivity index (χ4v) is 4.76. The Morgan fingerprint density at radius 1 is 1.05 bits per heavy atom. The van der Waals surface area contributed by atoms with Gasteiger partial charge in [-0.25, -0.2) is 0 Å². The van der Waals surface area contributed by atoms with Gasteiger partial charge < -0.3 is 5.11 Å². The first-order valence-corrected chi connectivity index (χ1v) is 8.41. The lowest BCUT2D eigenvalue weighted by atomic mass is 9.69. The molecule has 4 unspecified atom stereocenters. The highest BCUT2D eigenvalue weighted by Crippen LogP contribution is 2.42. The third kappa shape index (κ3) is 2.79. The van der Waals surface area contributed by atoms with E-state index < -0.39 is 0 Å². The van der Waals surface area contributed by atoms with E-state index in [9.17, 15) is 5.11 Å². The maximum Gasteiger partial charge on any atom is 0.0637 e. The topological polar surface area (TPSA) is 20.2 Å². The zero-order chi connectivity index (χ0) is 14.1. The minimum Gasteiger partial charge on any atom is -0.392 e. The quantitative estimate of drug-likeness (QED) is 0.838. The molecule has 2 aliphatic rings. The third-order valence-electron chi connectivity index (χ3n) is 5.53. The molecule has 1 fully saturated rings. The van der Waals surface area contributed by atoms with Crippen molar-refractivity contribution >= 4 is 0 Å². The Bertz CT molecular complexity index is 443. The largest absolute Gasteiger partial charge is 0.392 e. The Balaban J connectivity index is 1.79. The SMILES string of the molecule is CC1CC(C)CC(C(O)C2CCCc3ccccc32)C1. The van der Waals surface area contributed by atoms with Gasteiger partial charge in [-0.2, -0.15) is 0 Å². The third-order valence-corrected chi connectivity index (χ3v) is 5.53. The van der Waals surface area contributed by atoms with Crippen molar-refractivity contribution in [2.45, 2.75) is 64.4 Å². The van der Waals surface area contributed by atoms with Gasteiger partial charge in [0.1, 0.15) is 0 Å². The Kier molecular flexibility index (Phi) is 4.16. The van der Waals surface area contributed by atoms with E-state index in [1.807, 2.05) is 0 Å². The molecule has 1 N–H and O–H groups in total. The number of hydrogen-bond acceptors (Lipinski definition) is 1. The summed E-state index contributed by atoms with van der Waals surface area (Å²) < 4.78 is 0. The number of aliphatic hydroxyl groups excluding tert-OH is 1. The normalized spacial score (nSPS) is 35.4. The molecule has 0 aromatic heterocycles. The average Bonchev–Trinajstić information content (AvgIpc) is 2.45. The first kappa shape index (κ1) is 14.1. The highest BCUT2D eigenvalue weighted by molar-refractivity contribution is 5.33. The van der Waals surface area contributed by atoms with Crippen LogP contribution < -0.4 is 0 Å². The van der Waals surface area contributed by atoms with E-state index in [0.29, 0.717) is 11.8 Å². The van der Waals surface area contributed by atoms with Crippen LogP contribution in [0.25, 0.3) is 0 Å². The van der Waals surface area contributed by atoms with Crippen molar-refractivity contribution in [3.8, 4) is 0 Å². The van der Waals surface area contributed by atoms with Crippen LogP contribution in [0.2, 0.25) is 0 Å². The van der Waals surface area contributed by atoms with Crippen molar-refractivity contribution in [1.29, 1.82) is 0 Å². The lowest BCUT2D eigenvalue weighted by Gasteiger charge is -2.39. The predicted molar refractivity (Wildman–Crippen MR) is 83.8 cm³/mol. The molecule has 1 aromatic carbocycles. The van der Waals surface area contributed by atoms with E-state index >= 15 is 0 Å². The van der Waals surface area contributed by atoms with Gasteiger partial charge in [0, 0.05) is 5.92 Å². The second kappa shape index (κ2) is 5.89. The zero-order valence-corrected chi connectivity index (χ0v) is 12.9. The molecule has 0 aliphatic heterocycles. The molecule has 2 aliphatic carbocycles. The van der Waals surface area contributed by atoms with Crippen LogP contribution in [0.1, 0.15) is 63.0 Å². The van der Waals surface area contributed by atoms with Gasteiger partial charge in [0.05, 0.1) is 6.10 Å².